The molecule has 0 fully saturated rings. The van der Waals surface area contributed by atoms with E-state index in [1.54, 1.807) is 26.2 Å². The van der Waals surface area contributed by atoms with Gasteiger partial charge in [-0.1, -0.05) is 18.2 Å². The van der Waals surface area contributed by atoms with Crippen molar-refractivity contribution in [1.29, 1.82) is 0 Å². The Balaban J connectivity index is 1.92. The Morgan fingerprint density at radius 3 is 2.67 bits per heavy atom. The number of carbonyl (C=O) groups excluding carboxylic acids is 1. The smallest absolute Gasteiger partial charge is 0.338 e. The van der Waals surface area contributed by atoms with Crippen LogP contribution < -0.4 is 10.1 Å². The van der Waals surface area contributed by atoms with E-state index in [0.29, 0.717) is 12.2 Å². The predicted molar refractivity (Wildman–Crippen MR) is 96.2 cm³/mol. The van der Waals surface area contributed by atoms with Crippen molar-refractivity contribution in [3.63, 3.8) is 0 Å². The molecule has 0 unspecified atom stereocenters. The van der Waals surface area contributed by atoms with E-state index in [1.807, 2.05) is 48.5 Å². The highest BCUT2D eigenvalue weighted by atomic mass is 16.5. The van der Waals surface area contributed by atoms with Crippen molar-refractivity contribution in [2.45, 2.75) is 6.92 Å². The number of ether oxygens (including phenoxy) is 2. The van der Waals surface area contributed by atoms with Crippen LogP contribution in [0.4, 0.5) is 11.4 Å². The third-order valence-electron chi connectivity index (χ3n) is 3.74. The molecule has 24 heavy (non-hydrogen) atoms. The largest absolute Gasteiger partial charge is 0.497 e. The lowest BCUT2D eigenvalue weighted by Gasteiger charge is -2.12. The number of hydrogen-bond donors (Lipinski definition) is 1. The van der Waals surface area contributed by atoms with E-state index < -0.39 is 0 Å². The van der Waals surface area contributed by atoms with Crippen molar-refractivity contribution >= 4 is 28.1 Å². The minimum absolute atomic E-state index is 0.316. The van der Waals surface area contributed by atoms with Gasteiger partial charge in [-0.25, -0.2) is 4.79 Å². The lowest BCUT2D eigenvalue weighted by molar-refractivity contribution is 0.0526. The summed E-state index contributed by atoms with van der Waals surface area (Å²) in [5.74, 6) is 0.507. The summed E-state index contributed by atoms with van der Waals surface area (Å²) in [4.78, 5) is 11.9. The molecule has 4 heteroatoms. The first kappa shape index (κ1) is 15.9. The lowest BCUT2D eigenvalue weighted by atomic mass is 10.1. The van der Waals surface area contributed by atoms with Crippen LogP contribution in [-0.4, -0.2) is 19.7 Å². The number of carbonyl (C=O) groups is 1. The molecule has 0 aromatic heterocycles. The summed E-state index contributed by atoms with van der Waals surface area (Å²) in [5, 5.41) is 5.54. The van der Waals surface area contributed by atoms with Crippen molar-refractivity contribution in [3.05, 3.63) is 66.2 Å². The first-order chi connectivity index (χ1) is 11.7. The maximum Gasteiger partial charge on any atom is 0.338 e. The summed E-state index contributed by atoms with van der Waals surface area (Å²) in [6.07, 6.45) is 0. The first-order valence-corrected chi connectivity index (χ1v) is 7.82. The zero-order chi connectivity index (χ0) is 16.9. The third kappa shape index (κ3) is 3.33. The number of rotatable bonds is 5. The maximum atomic E-state index is 11.9. The number of fused-ring (bicyclic) bond motifs is 1. The van der Waals surface area contributed by atoms with Crippen LogP contribution in [0.15, 0.2) is 60.7 Å². The molecule has 3 aromatic rings. The van der Waals surface area contributed by atoms with Gasteiger partial charge in [-0.15, -0.1) is 0 Å². The van der Waals surface area contributed by atoms with E-state index in [9.17, 15) is 4.79 Å². The highest BCUT2D eigenvalue weighted by Gasteiger charge is 2.08. The van der Waals surface area contributed by atoms with Gasteiger partial charge in [-0.2, -0.15) is 0 Å². The Kier molecular flexibility index (Phi) is 4.66. The van der Waals surface area contributed by atoms with Crippen LogP contribution in [0, 0.1) is 0 Å². The fraction of sp³-hybridized carbons (Fsp3) is 0.150. The summed E-state index contributed by atoms with van der Waals surface area (Å²) in [7, 11) is 1.66. The average Bonchev–Trinajstić information content (AvgIpc) is 2.62. The number of benzene rings is 3. The molecule has 1 N–H and O–H groups in total. The third-order valence-corrected chi connectivity index (χ3v) is 3.74. The topological polar surface area (TPSA) is 47.6 Å². The van der Waals surface area contributed by atoms with Gasteiger partial charge in [-0.05, 0) is 54.8 Å². The molecular weight excluding hydrogens is 302 g/mol. The van der Waals surface area contributed by atoms with Crippen LogP contribution in [-0.2, 0) is 4.74 Å². The quantitative estimate of drug-likeness (QED) is 0.688. The van der Waals surface area contributed by atoms with Crippen LogP contribution in [0.1, 0.15) is 17.3 Å². The number of methoxy groups -OCH3 is 1. The van der Waals surface area contributed by atoms with Crippen molar-refractivity contribution in [1.82, 2.24) is 0 Å². The molecule has 0 spiro atoms. The maximum absolute atomic E-state index is 11.9. The molecule has 0 bridgehead atoms. The molecule has 0 aliphatic heterocycles. The number of anilines is 2. The Morgan fingerprint density at radius 1 is 1.04 bits per heavy atom. The fourth-order valence-electron chi connectivity index (χ4n) is 2.59. The predicted octanol–water partition coefficient (Wildman–Crippen LogP) is 4.77. The van der Waals surface area contributed by atoms with Crippen LogP contribution in [0.5, 0.6) is 5.75 Å². The molecule has 3 aromatic carbocycles. The molecule has 0 heterocycles. The second-order valence-corrected chi connectivity index (χ2v) is 5.32. The van der Waals surface area contributed by atoms with Gasteiger partial charge in [0.1, 0.15) is 5.75 Å². The molecule has 0 aliphatic rings. The Hall–Kier alpha value is -3.01. The summed E-state index contributed by atoms with van der Waals surface area (Å²) in [5.41, 5.74) is 2.34. The van der Waals surface area contributed by atoms with E-state index in [2.05, 4.69) is 5.32 Å². The molecule has 0 aliphatic carbocycles. The van der Waals surface area contributed by atoms with E-state index in [4.69, 9.17) is 9.47 Å². The second-order valence-electron chi connectivity index (χ2n) is 5.32. The first-order valence-electron chi connectivity index (χ1n) is 7.82. The summed E-state index contributed by atoms with van der Waals surface area (Å²) >= 11 is 0. The van der Waals surface area contributed by atoms with E-state index in [0.717, 1.165) is 27.9 Å². The normalized spacial score (nSPS) is 10.4. The Labute approximate surface area is 141 Å². The summed E-state index contributed by atoms with van der Waals surface area (Å²) < 4.78 is 10.3. The lowest BCUT2D eigenvalue weighted by Crippen LogP contribution is -2.04. The molecule has 3 rings (SSSR count). The number of esters is 1. The number of hydrogen-bond acceptors (Lipinski definition) is 4. The molecule has 122 valence electrons. The minimum atomic E-state index is -0.316. The van der Waals surface area contributed by atoms with Crippen LogP contribution in [0.25, 0.3) is 10.8 Å². The highest BCUT2D eigenvalue weighted by Crippen LogP contribution is 2.29. The van der Waals surface area contributed by atoms with Gasteiger partial charge in [0.25, 0.3) is 0 Å². The van der Waals surface area contributed by atoms with E-state index in [-0.39, 0.29) is 5.97 Å². The zero-order valence-corrected chi connectivity index (χ0v) is 13.7. The molecule has 0 atom stereocenters. The molecule has 0 saturated heterocycles. The highest BCUT2D eigenvalue weighted by molar-refractivity contribution is 5.97. The monoisotopic (exact) mass is 321 g/mol. The standard InChI is InChI=1S/C20H19NO3/c1-3-24-20(22)15-7-4-8-16(12-15)21-19-9-5-6-14-13-17(23-2)10-11-18(14)19/h4-13,21H,3H2,1-2H3. The van der Waals surface area contributed by atoms with Gasteiger partial charge in [0.15, 0.2) is 0 Å². The summed E-state index contributed by atoms with van der Waals surface area (Å²) in [6.45, 7) is 2.16. The number of nitrogens with one attached hydrogen (secondary N) is 1. The average molecular weight is 321 g/mol. The van der Waals surface area contributed by atoms with E-state index in [1.165, 1.54) is 0 Å². The van der Waals surface area contributed by atoms with Crippen LogP contribution in [0.2, 0.25) is 0 Å². The zero-order valence-electron chi connectivity index (χ0n) is 13.7. The van der Waals surface area contributed by atoms with Gasteiger partial charge in [-0.3, -0.25) is 0 Å². The fourth-order valence-corrected chi connectivity index (χ4v) is 2.59. The van der Waals surface area contributed by atoms with Gasteiger partial charge in [0.05, 0.1) is 19.3 Å². The molecule has 0 saturated carbocycles. The molecule has 0 radical (unpaired) electrons. The minimum Gasteiger partial charge on any atom is -0.497 e. The molecule has 4 nitrogen and oxygen atoms in total. The van der Waals surface area contributed by atoms with Crippen LogP contribution in [0.3, 0.4) is 0 Å². The Morgan fingerprint density at radius 2 is 1.88 bits per heavy atom. The second kappa shape index (κ2) is 7.04. The van der Waals surface area contributed by atoms with Crippen molar-refractivity contribution < 1.29 is 14.3 Å². The van der Waals surface area contributed by atoms with E-state index >= 15 is 0 Å². The van der Waals surface area contributed by atoms with Gasteiger partial charge < -0.3 is 14.8 Å². The van der Waals surface area contributed by atoms with Gasteiger partial charge in [0.2, 0.25) is 0 Å². The van der Waals surface area contributed by atoms with Crippen molar-refractivity contribution in [2.24, 2.45) is 0 Å². The summed E-state index contributed by atoms with van der Waals surface area (Å²) in [6, 6.07) is 19.3. The SMILES string of the molecule is CCOC(=O)c1cccc(Nc2cccc3cc(OC)ccc23)c1. The molecule has 0 amide bonds. The van der Waals surface area contributed by atoms with Crippen molar-refractivity contribution in [2.75, 3.05) is 19.0 Å². The van der Waals surface area contributed by atoms with Crippen molar-refractivity contribution in [3.8, 4) is 5.75 Å². The molecular formula is C20H19NO3. The van der Waals surface area contributed by atoms with Gasteiger partial charge >= 0.3 is 5.97 Å². The van der Waals surface area contributed by atoms with Crippen LogP contribution >= 0.6 is 0 Å². The van der Waals surface area contributed by atoms with Gasteiger partial charge in [0, 0.05) is 16.8 Å². The Bertz CT molecular complexity index is 874.